The number of hydrogen-bond acceptors (Lipinski definition) is 1. The predicted molar refractivity (Wildman–Crippen MR) is 88.0 cm³/mol. The fourth-order valence-electron chi connectivity index (χ4n) is 3.63. The molecule has 1 atom stereocenters. The summed E-state index contributed by atoms with van der Waals surface area (Å²) in [7, 11) is 0. The zero-order chi connectivity index (χ0) is 14.4. The summed E-state index contributed by atoms with van der Waals surface area (Å²) in [6, 6.07) is 9.85. The van der Waals surface area contributed by atoms with Crippen LogP contribution in [0.5, 0.6) is 0 Å². The van der Waals surface area contributed by atoms with Crippen LogP contribution in [0.3, 0.4) is 0 Å². The van der Waals surface area contributed by atoms with E-state index in [2.05, 4.69) is 50.4 Å². The van der Waals surface area contributed by atoms with Crippen molar-refractivity contribution in [1.29, 1.82) is 0 Å². The lowest BCUT2D eigenvalue weighted by Gasteiger charge is -2.33. The monoisotopic (exact) mass is 273 g/mol. The molecule has 20 heavy (non-hydrogen) atoms. The fourth-order valence-corrected chi connectivity index (χ4v) is 3.63. The van der Waals surface area contributed by atoms with Gasteiger partial charge in [-0.15, -0.1) is 0 Å². The largest absolute Gasteiger partial charge is 0.310 e. The second kappa shape index (κ2) is 7.83. The Morgan fingerprint density at radius 2 is 1.90 bits per heavy atom. The smallest absolute Gasteiger partial charge is 0.0348 e. The van der Waals surface area contributed by atoms with Crippen LogP contribution < -0.4 is 5.32 Å². The van der Waals surface area contributed by atoms with Crippen molar-refractivity contribution in [3.63, 3.8) is 0 Å². The van der Waals surface area contributed by atoms with Crippen LogP contribution in [0.4, 0.5) is 0 Å². The van der Waals surface area contributed by atoms with Crippen LogP contribution >= 0.6 is 0 Å². The molecule has 0 amide bonds. The molecule has 1 saturated carbocycles. The van der Waals surface area contributed by atoms with Crippen molar-refractivity contribution in [3.8, 4) is 0 Å². The molecule has 1 unspecified atom stereocenters. The first-order valence-corrected chi connectivity index (χ1v) is 8.56. The summed E-state index contributed by atoms with van der Waals surface area (Å²) in [4.78, 5) is 0. The molecule has 0 bridgehead atoms. The Hall–Kier alpha value is -0.820. The average molecular weight is 273 g/mol. The zero-order valence-electron chi connectivity index (χ0n) is 13.5. The highest BCUT2D eigenvalue weighted by molar-refractivity contribution is 5.27. The van der Waals surface area contributed by atoms with E-state index in [0.717, 1.165) is 18.4 Å². The number of aryl methyl sites for hydroxylation is 1. The molecule has 0 aromatic heterocycles. The van der Waals surface area contributed by atoms with E-state index in [0.29, 0.717) is 6.04 Å². The van der Waals surface area contributed by atoms with Crippen molar-refractivity contribution in [2.24, 2.45) is 11.8 Å². The summed E-state index contributed by atoms with van der Waals surface area (Å²) in [5.74, 6) is 1.75. The Labute approximate surface area is 125 Å². The lowest BCUT2D eigenvalue weighted by Crippen LogP contribution is -2.30. The van der Waals surface area contributed by atoms with E-state index < -0.39 is 0 Å². The van der Waals surface area contributed by atoms with Crippen molar-refractivity contribution in [1.82, 2.24) is 5.32 Å². The minimum atomic E-state index is 0.560. The molecule has 112 valence electrons. The summed E-state index contributed by atoms with van der Waals surface area (Å²) < 4.78 is 0. The fraction of sp³-hybridized carbons (Fsp3) is 0.684. The van der Waals surface area contributed by atoms with E-state index in [1.807, 2.05) is 0 Å². The van der Waals surface area contributed by atoms with Gasteiger partial charge in [-0.05, 0) is 48.8 Å². The van der Waals surface area contributed by atoms with Crippen molar-refractivity contribution >= 4 is 0 Å². The Morgan fingerprint density at radius 3 is 2.55 bits per heavy atom. The Morgan fingerprint density at radius 1 is 1.15 bits per heavy atom. The van der Waals surface area contributed by atoms with Crippen LogP contribution in [0, 0.1) is 11.8 Å². The third-order valence-electron chi connectivity index (χ3n) is 4.80. The minimum Gasteiger partial charge on any atom is -0.310 e. The maximum absolute atomic E-state index is 3.75. The van der Waals surface area contributed by atoms with Gasteiger partial charge in [-0.2, -0.15) is 0 Å². The maximum atomic E-state index is 3.75. The molecule has 0 heterocycles. The van der Waals surface area contributed by atoms with E-state index in [1.165, 1.54) is 49.7 Å². The molecular weight excluding hydrogens is 242 g/mol. The molecule has 1 aromatic rings. The highest BCUT2D eigenvalue weighted by Gasteiger charge is 2.26. The molecule has 1 fully saturated rings. The average Bonchev–Trinajstić information content (AvgIpc) is 2.47. The summed E-state index contributed by atoms with van der Waals surface area (Å²) >= 11 is 0. The van der Waals surface area contributed by atoms with E-state index in [4.69, 9.17) is 0 Å². The molecule has 1 N–H and O–H groups in total. The van der Waals surface area contributed by atoms with Crippen molar-refractivity contribution < 1.29 is 0 Å². The van der Waals surface area contributed by atoms with Crippen molar-refractivity contribution in [3.05, 3.63) is 35.4 Å². The van der Waals surface area contributed by atoms with E-state index >= 15 is 0 Å². The standard InChI is InChI=1S/C19H31N/c1-4-7-16-8-6-9-18(14-16)19(20-5-2)17-12-10-15(3)11-13-17/h6,8-9,14-15,17,19-20H,4-5,7,10-13H2,1-3H3. The lowest BCUT2D eigenvalue weighted by atomic mass is 9.77. The van der Waals surface area contributed by atoms with Crippen LogP contribution in [0.15, 0.2) is 24.3 Å². The molecule has 0 spiro atoms. The van der Waals surface area contributed by atoms with Gasteiger partial charge in [0.2, 0.25) is 0 Å². The number of nitrogens with one attached hydrogen (secondary N) is 1. The Bertz CT molecular complexity index is 391. The quantitative estimate of drug-likeness (QED) is 0.759. The second-order valence-corrected chi connectivity index (χ2v) is 6.55. The Balaban J connectivity index is 2.12. The number of benzene rings is 1. The summed E-state index contributed by atoms with van der Waals surface area (Å²) in [5.41, 5.74) is 3.01. The van der Waals surface area contributed by atoms with Gasteiger partial charge in [0, 0.05) is 6.04 Å². The molecule has 1 aliphatic carbocycles. The second-order valence-electron chi connectivity index (χ2n) is 6.55. The summed E-state index contributed by atoms with van der Waals surface area (Å²) in [6.45, 7) is 7.96. The SMILES string of the molecule is CCCc1cccc(C(NCC)C2CCC(C)CC2)c1. The maximum Gasteiger partial charge on any atom is 0.0348 e. The molecule has 1 aliphatic rings. The molecule has 1 aromatic carbocycles. The van der Waals surface area contributed by atoms with Gasteiger partial charge in [0.05, 0.1) is 0 Å². The van der Waals surface area contributed by atoms with Gasteiger partial charge in [-0.3, -0.25) is 0 Å². The molecular formula is C19H31N. The van der Waals surface area contributed by atoms with Crippen LogP contribution in [0.2, 0.25) is 0 Å². The molecule has 1 nitrogen and oxygen atoms in total. The molecule has 0 saturated heterocycles. The highest BCUT2D eigenvalue weighted by Crippen LogP contribution is 2.36. The first-order valence-electron chi connectivity index (χ1n) is 8.56. The molecule has 2 rings (SSSR count). The molecule has 1 heteroatoms. The highest BCUT2D eigenvalue weighted by atomic mass is 14.9. The molecule has 0 aliphatic heterocycles. The normalized spacial score (nSPS) is 24.6. The minimum absolute atomic E-state index is 0.560. The van der Waals surface area contributed by atoms with Crippen LogP contribution in [-0.2, 0) is 6.42 Å². The third kappa shape index (κ3) is 4.09. The summed E-state index contributed by atoms with van der Waals surface area (Å²) in [5, 5.41) is 3.75. The van der Waals surface area contributed by atoms with E-state index in [9.17, 15) is 0 Å². The first kappa shape index (κ1) is 15.6. The van der Waals surface area contributed by atoms with Gasteiger partial charge >= 0.3 is 0 Å². The summed E-state index contributed by atoms with van der Waals surface area (Å²) in [6.07, 6.45) is 8.01. The van der Waals surface area contributed by atoms with Crippen LogP contribution in [0.1, 0.15) is 70.0 Å². The van der Waals surface area contributed by atoms with Gasteiger partial charge in [0.15, 0.2) is 0 Å². The zero-order valence-corrected chi connectivity index (χ0v) is 13.5. The van der Waals surface area contributed by atoms with Crippen molar-refractivity contribution in [2.45, 2.75) is 65.3 Å². The van der Waals surface area contributed by atoms with E-state index in [-0.39, 0.29) is 0 Å². The topological polar surface area (TPSA) is 12.0 Å². The van der Waals surface area contributed by atoms with E-state index in [1.54, 1.807) is 0 Å². The van der Waals surface area contributed by atoms with Gasteiger partial charge in [0.25, 0.3) is 0 Å². The third-order valence-corrected chi connectivity index (χ3v) is 4.80. The predicted octanol–water partition coefficient (Wildman–Crippen LogP) is 5.12. The van der Waals surface area contributed by atoms with Gasteiger partial charge in [-0.25, -0.2) is 0 Å². The lowest BCUT2D eigenvalue weighted by molar-refractivity contribution is 0.233. The first-order chi connectivity index (χ1) is 9.74. The number of rotatable bonds is 6. The van der Waals surface area contributed by atoms with Crippen LogP contribution in [-0.4, -0.2) is 6.54 Å². The Kier molecular flexibility index (Phi) is 6.09. The number of hydrogen-bond donors (Lipinski definition) is 1. The van der Waals surface area contributed by atoms with Gasteiger partial charge < -0.3 is 5.32 Å². The van der Waals surface area contributed by atoms with Gasteiger partial charge in [-0.1, -0.05) is 64.3 Å². The van der Waals surface area contributed by atoms with Gasteiger partial charge in [0.1, 0.15) is 0 Å². The van der Waals surface area contributed by atoms with Crippen molar-refractivity contribution in [2.75, 3.05) is 6.54 Å². The van der Waals surface area contributed by atoms with Crippen LogP contribution in [0.25, 0.3) is 0 Å². The molecule has 0 radical (unpaired) electrons.